The molecule has 0 unspecified atom stereocenters. The summed E-state index contributed by atoms with van der Waals surface area (Å²) in [5.41, 5.74) is -0.201. The third-order valence-corrected chi connectivity index (χ3v) is 5.77. The highest BCUT2D eigenvalue weighted by molar-refractivity contribution is 7.86. The first-order valence-corrected chi connectivity index (χ1v) is 11.4. The minimum absolute atomic E-state index is 0.0950. The van der Waals surface area contributed by atoms with Gasteiger partial charge in [0, 0.05) is 29.0 Å². The number of non-ortho nitro benzene ring substituents is 1. The molecule has 0 amide bonds. The maximum absolute atomic E-state index is 11.7. The van der Waals surface area contributed by atoms with Gasteiger partial charge in [-0.2, -0.15) is 13.1 Å². The van der Waals surface area contributed by atoms with Crippen molar-refractivity contribution in [2.24, 2.45) is 10.2 Å². The summed E-state index contributed by atoms with van der Waals surface area (Å²) in [5, 5.41) is 44.4. The van der Waals surface area contributed by atoms with Gasteiger partial charge in [0.25, 0.3) is 21.7 Å². The van der Waals surface area contributed by atoms with Crippen LogP contribution in [-0.2, 0) is 10.1 Å². The Hall–Kier alpha value is -4.56. The van der Waals surface area contributed by atoms with Crippen LogP contribution in [0.3, 0.4) is 0 Å². The van der Waals surface area contributed by atoms with Crippen molar-refractivity contribution in [3.05, 3.63) is 64.7 Å². The monoisotopic (exact) mass is 499 g/mol. The highest BCUT2D eigenvalue weighted by Crippen LogP contribution is 2.43. The first kappa shape index (κ1) is 23.6. The van der Waals surface area contributed by atoms with Crippen LogP contribution < -0.4 is 4.74 Å². The molecule has 3 N–H and O–H groups in total. The number of azo groups is 1. The molecule has 0 saturated heterocycles. The van der Waals surface area contributed by atoms with Gasteiger partial charge < -0.3 is 14.9 Å². The van der Waals surface area contributed by atoms with Gasteiger partial charge in [0.2, 0.25) is 11.6 Å². The van der Waals surface area contributed by atoms with E-state index >= 15 is 0 Å². The van der Waals surface area contributed by atoms with E-state index in [0.29, 0.717) is 0 Å². The molecule has 0 saturated carbocycles. The third-order valence-electron chi connectivity index (χ3n) is 4.88. The molecule has 4 rings (SSSR count). The van der Waals surface area contributed by atoms with E-state index in [1.54, 1.807) is 19.1 Å². The number of nitro benzene ring substituents is 1. The molecule has 0 aliphatic carbocycles. The maximum atomic E-state index is 11.7. The zero-order valence-corrected chi connectivity index (χ0v) is 18.7. The van der Waals surface area contributed by atoms with Crippen LogP contribution in [-0.4, -0.2) is 44.5 Å². The fourth-order valence-electron chi connectivity index (χ4n) is 3.33. The zero-order chi connectivity index (χ0) is 25.3. The van der Waals surface area contributed by atoms with Crippen molar-refractivity contribution >= 4 is 38.0 Å². The average Bonchev–Trinajstić information content (AvgIpc) is 3.12. The van der Waals surface area contributed by atoms with Gasteiger partial charge in [-0.3, -0.25) is 14.7 Å². The zero-order valence-electron chi connectivity index (χ0n) is 17.9. The van der Waals surface area contributed by atoms with Crippen molar-refractivity contribution in [1.29, 1.82) is 0 Å². The number of rotatable bonds is 7. The molecule has 0 aliphatic rings. The molecule has 0 atom stereocenters. The van der Waals surface area contributed by atoms with Crippen molar-refractivity contribution in [3.63, 3.8) is 0 Å². The Kier molecular flexibility index (Phi) is 6.07. The largest absolute Gasteiger partial charge is 0.506 e. The smallest absolute Gasteiger partial charge is 0.295 e. The van der Waals surface area contributed by atoms with Gasteiger partial charge in [-0.05, 0) is 19.1 Å². The molecule has 180 valence electrons. The number of benzene rings is 3. The van der Waals surface area contributed by atoms with Crippen molar-refractivity contribution in [2.45, 2.75) is 11.8 Å². The Morgan fingerprint density at radius 1 is 1.06 bits per heavy atom. The predicted octanol–water partition coefficient (Wildman–Crippen LogP) is 4.41. The van der Waals surface area contributed by atoms with Crippen LogP contribution in [0.15, 0.2) is 69.7 Å². The quantitative estimate of drug-likeness (QED) is 0.143. The summed E-state index contributed by atoms with van der Waals surface area (Å²) in [4.78, 5) is 9.82. The minimum atomic E-state index is -4.64. The standard InChI is InChI=1S/C21H17N5O8S/c1-2-34-20-19(21(28)25(24-20)12-7-9-13(10-8-12)26(29)30)23-22-18-15-6-4-3-5-14(15)17(11-16(18)27)35(31,32)33/h3-11,27-28H,2H2,1H3,(H,31,32,33)/b23-22+. The van der Waals surface area contributed by atoms with Gasteiger partial charge >= 0.3 is 0 Å². The number of hydrogen-bond donors (Lipinski definition) is 3. The van der Waals surface area contributed by atoms with Gasteiger partial charge in [-0.1, -0.05) is 24.3 Å². The molecular formula is C21H17N5O8S. The highest BCUT2D eigenvalue weighted by atomic mass is 32.2. The molecule has 14 heteroatoms. The van der Waals surface area contributed by atoms with E-state index in [2.05, 4.69) is 15.3 Å². The summed E-state index contributed by atoms with van der Waals surface area (Å²) in [7, 11) is -4.64. The topological polar surface area (TPSA) is 190 Å². The number of nitro groups is 1. The van der Waals surface area contributed by atoms with E-state index in [4.69, 9.17) is 4.74 Å². The Morgan fingerprint density at radius 3 is 2.29 bits per heavy atom. The maximum Gasteiger partial charge on any atom is 0.295 e. The first-order valence-electron chi connectivity index (χ1n) is 9.95. The number of nitrogens with zero attached hydrogens (tertiary/aromatic N) is 5. The van der Waals surface area contributed by atoms with Crippen LogP contribution in [0.25, 0.3) is 16.5 Å². The number of aromatic nitrogens is 2. The van der Waals surface area contributed by atoms with Gasteiger partial charge in [-0.15, -0.1) is 15.3 Å². The molecule has 0 aliphatic heterocycles. The lowest BCUT2D eigenvalue weighted by molar-refractivity contribution is -0.384. The number of hydrogen-bond acceptors (Lipinski definition) is 10. The summed E-state index contributed by atoms with van der Waals surface area (Å²) in [6.07, 6.45) is 0. The summed E-state index contributed by atoms with van der Waals surface area (Å²) >= 11 is 0. The molecule has 13 nitrogen and oxygen atoms in total. The van der Waals surface area contributed by atoms with E-state index in [1.807, 2.05) is 0 Å². The molecule has 0 radical (unpaired) electrons. The Morgan fingerprint density at radius 2 is 1.69 bits per heavy atom. The normalized spacial score (nSPS) is 11.8. The van der Waals surface area contributed by atoms with Crippen LogP contribution >= 0.6 is 0 Å². The summed E-state index contributed by atoms with van der Waals surface area (Å²) in [5.74, 6) is -1.19. The van der Waals surface area contributed by atoms with E-state index < -0.39 is 31.6 Å². The van der Waals surface area contributed by atoms with Crippen LogP contribution in [0.4, 0.5) is 17.1 Å². The van der Waals surface area contributed by atoms with Gasteiger partial charge in [-0.25, -0.2) is 0 Å². The van der Waals surface area contributed by atoms with E-state index in [9.17, 15) is 33.3 Å². The lowest BCUT2D eigenvalue weighted by Crippen LogP contribution is -1.99. The van der Waals surface area contributed by atoms with Crippen LogP contribution in [0.2, 0.25) is 0 Å². The highest BCUT2D eigenvalue weighted by Gasteiger charge is 2.22. The number of ether oxygens (including phenoxy) is 1. The molecule has 1 heterocycles. The van der Waals surface area contributed by atoms with Crippen LogP contribution in [0.5, 0.6) is 17.5 Å². The van der Waals surface area contributed by atoms with Crippen molar-refractivity contribution in [2.75, 3.05) is 6.61 Å². The fourth-order valence-corrected chi connectivity index (χ4v) is 4.05. The summed E-state index contributed by atoms with van der Waals surface area (Å²) < 4.78 is 39.5. The van der Waals surface area contributed by atoms with Gasteiger partial charge in [0.1, 0.15) is 16.3 Å². The molecule has 0 bridgehead atoms. The molecule has 3 aromatic carbocycles. The van der Waals surface area contributed by atoms with E-state index in [-0.39, 0.29) is 46.0 Å². The Bertz CT molecular complexity index is 1580. The van der Waals surface area contributed by atoms with Crippen molar-refractivity contribution in [1.82, 2.24) is 9.78 Å². The Labute approximate surface area is 197 Å². The van der Waals surface area contributed by atoms with E-state index in [1.165, 1.54) is 36.4 Å². The molecule has 35 heavy (non-hydrogen) atoms. The predicted molar refractivity (Wildman–Crippen MR) is 123 cm³/mol. The van der Waals surface area contributed by atoms with Gasteiger partial charge in [0.15, 0.2) is 0 Å². The molecule has 1 aromatic heterocycles. The van der Waals surface area contributed by atoms with Crippen molar-refractivity contribution in [3.8, 4) is 23.2 Å². The van der Waals surface area contributed by atoms with E-state index in [0.717, 1.165) is 10.7 Å². The number of phenols is 1. The third kappa shape index (κ3) is 4.47. The van der Waals surface area contributed by atoms with Crippen LogP contribution in [0, 0.1) is 10.1 Å². The number of fused-ring (bicyclic) bond motifs is 1. The average molecular weight is 499 g/mol. The second-order valence-corrected chi connectivity index (χ2v) is 8.45. The number of phenolic OH excluding ortho intramolecular Hbond substituents is 1. The number of aromatic hydroxyl groups is 2. The molecule has 4 aromatic rings. The second kappa shape index (κ2) is 9.00. The molecule has 0 fully saturated rings. The summed E-state index contributed by atoms with van der Waals surface area (Å²) in [6.45, 7) is 1.84. The fraction of sp³-hybridized carbons (Fsp3) is 0.0952. The first-order chi connectivity index (χ1) is 16.6. The van der Waals surface area contributed by atoms with Gasteiger partial charge in [0.05, 0.1) is 17.2 Å². The molecule has 0 spiro atoms. The van der Waals surface area contributed by atoms with Crippen molar-refractivity contribution < 1.29 is 32.8 Å². The lowest BCUT2D eigenvalue weighted by atomic mass is 10.1. The minimum Gasteiger partial charge on any atom is -0.506 e. The second-order valence-electron chi connectivity index (χ2n) is 7.06. The lowest BCUT2D eigenvalue weighted by Gasteiger charge is -2.08. The molecular weight excluding hydrogens is 482 g/mol. The Balaban J connectivity index is 1.84. The van der Waals surface area contributed by atoms with Crippen LogP contribution in [0.1, 0.15) is 6.92 Å². The summed E-state index contributed by atoms with van der Waals surface area (Å²) in [6, 6.07) is 12.1. The SMILES string of the molecule is CCOc1nn(-c2ccc([N+](=O)[O-])cc2)c(O)c1/N=N/c1c(O)cc(S(=O)(=O)O)c2ccccc12.